The Balaban J connectivity index is 2.51. The lowest BCUT2D eigenvalue weighted by Gasteiger charge is -2.19. The Hall–Kier alpha value is -1.71. The van der Waals surface area contributed by atoms with Gasteiger partial charge in [0, 0.05) is 6.54 Å². The standard InChI is InChI=1S/C10H11NO3/c12-8-5-7(10(13)14)4-6-2-1-3-11-9(6)8/h4-5,11-12H,1-3H2,(H,13,14). The van der Waals surface area contributed by atoms with Crippen molar-refractivity contribution < 1.29 is 15.0 Å². The number of aromatic carboxylic acids is 1. The molecule has 0 amide bonds. The molecule has 0 spiro atoms. The van der Waals surface area contributed by atoms with Crippen molar-refractivity contribution in [2.45, 2.75) is 12.8 Å². The number of aryl methyl sites for hydroxylation is 1. The lowest BCUT2D eigenvalue weighted by Crippen LogP contribution is -2.12. The molecule has 0 atom stereocenters. The summed E-state index contributed by atoms with van der Waals surface area (Å²) in [6, 6.07) is 2.89. The fraction of sp³-hybridized carbons (Fsp3) is 0.300. The van der Waals surface area contributed by atoms with Crippen LogP contribution in [-0.2, 0) is 6.42 Å². The third kappa shape index (κ3) is 1.39. The summed E-state index contributed by atoms with van der Waals surface area (Å²) in [4.78, 5) is 10.7. The molecule has 4 heteroatoms. The van der Waals surface area contributed by atoms with Gasteiger partial charge in [0.1, 0.15) is 5.75 Å². The van der Waals surface area contributed by atoms with Gasteiger partial charge in [-0.25, -0.2) is 4.79 Å². The van der Waals surface area contributed by atoms with Crippen molar-refractivity contribution in [2.24, 2.45) is 0 Å². The third-order valence-electron chi connectivity index (χ3n) is 2.37. The number of phenols is 1. The molecule has 0 saturated heterocycles. The Bertz CT molecular complexity index is 387. The largest absolute Gasteiger partial charge is 0.506 e. The van der Waals surface area contributed by atoms with Crippen LogP contribution in [0, 0.1) is 0 Å². The number of phenolic OH excluding ortho intramolecular Hbond substituents is 1. The van der Waals surface area contributed by atoms with Gasteiger partial charge in [-0.05, 0) is 30.5 Å². The van der Waals surface area contributed by atoms with E-state index in [1.165, 1.54) is 6.07 Å². The first kappa shape index (κ1) is 8.87. The minimum Gasteiger partial charge on any atom is -0.506 e. The summed E-state index contributed by atoms with van der Waals surface area (Å²) in [5.74, 6) is -0.978. The highest BCUT2D eigenvalue weighted by Gasteiger charge is 2.16. The molecule has 74 valence electrons. The summed E-state index contributed by atoms with van der Waals surface area (Å²) in [6.45, 7) is 0.826. The molecule has 2 rings (SSSR count). The Kier molecular flexibility index (Phi) is 2.04. The number of nitrogens with one attached hydrogen (secondary N) is 1. The molecule has 0 unspecified atom stereocenters. The van der Waals surface area contributed by atoms with E-state index in [9.17, 15) is 9.90 Å². The van der Waals surface area contributed by atoms with Crippen LogP contribution < -0.4 is 5.32 Å². The quantitative estimate of drug-likeness (QED) is 0.590. The van der Waals surface area contributed by atoms with Crippen molar-refractivity contribution >= 4 is 11.7 Å². The van der Waals surface area contributed by atoms with Crippen LogP contribution in [0.5, 0.6) is 5.75 Å². The zero-order valence-corrected chi connectivity index (χ0v) is 7.58. The van der Waals surface area contributed by atoms with Gasteiger partial charge in [-0.2, -0.15) is 0 Å². The van der Waals surface area contributed by atoms with Crippen molar-refractivity contribution in [3.63, 3.8) is 0 Å². The van der Waals surface area contributed by atoms with Crippen molar-refractivity contribution in [3.8, 4) is 5.75 Å². The molecule has 0 fully saturated rings. The van der Waals surface area contributed by atoms with E-state index < -0.39 is 5.97 Å². The van der Waals surface area contributed by atoms with Gasteiger partial charge in [0.2, 0.25) is 0 Å². The molecule has 0 aliphatic carbocycles. The molecule has 3 N–H and O–H groups in total. The monoisotopic (exact) mass is 193 g/mol. The van der Waals surface area contributed by atoms with Crippen LogP contribution in [-0.4, -0.2) is 22.7 Å². The summed E-state index contributed by atoms with van der Waals surface area (Å²) >= 11 is 0. The van der Waals surface area contributed by atoms with Crippen LogP contribution in [0.2, 0.25) is 0 Å². The third-order valence-corrected chi connectivity index (χ3v) is 2.37. The number of aromatic hydroxyl groups is 1. The second-order valence-corrected chi connectivity index (χ2v) is 3.36. The molecule has 1 aliphatic heterocycles. The summed E-state index contributed by atoms with van der Waals surface area (Å²) in [5.41, 5.74) is 1.71. The molecule has 4 nitrogen and oxygen atoms in total. The number of rotatable bonds is 1. The summed E-state index contributed by atoms with van der Waals surface area (Å²) in [7, 11) is 0. The average molecular weight is 193 g/mol. The predicted molar refractivity (Wildman–Crippen MR) is 51.9 cm³/mol. The SMILES string of the molecule is O=C(O)c1cc(O)c2c(c1)CCCN2. The van der Waals surface area contributed by atoms with Gasteiger partial charge in [-0.15, -0.1) is 0 Å². The lowest BCUT2D eigenvalue weighted by atomic mass is 10.00. The Morgan fingerprint density at radius 3 is 2.93 bits per heavy atom. The van der Waals surface area contributed by atoms with Crippen LogP contribution in [0.25, 0.3) is 0 Å². The van der Waals surface area contributed by atoms with Gasteiger partial charge in [0.05, 0.1) is 11.3 Å². The van der Waals surface area contributed by atoms with Gasteiger partial charge < -0.3 is 15.5 Å². The molecule has 0 bridgehead atoms. The van der Waals surface area contributed by atoms with E-state index in [2.05, 4.69) is 5.32 Å². The van der Waals surface area contributed by atoms with E-state index in [0.29, 0.717) is 5.69 Å². The Labute approximate surface area is 81.2 Å². The Morgan fingerprint density at radius 1 is 1.43 bits per heavy atom. The van der Waals surface area contributed by atoms with Crippen molar-refractivity contribution in [2.75, 3.05) is 11.9 Å². The van der Waals surface area contributed by atoms with E-state index >= 15 is 0 Å². The first-order chi connectivity index (χ1) is 6.68. The molecule has 0 radical (unpaired) electrons. The summed E-state index contributed by atoms with van der Waals surface area (Å²) in [5, 5.41) is 21.4. The molecule has 1 heterocycles. The maximum Gasteiger partial charge on any atom is 0.335 e. The Morgan fingerprint density at radius 2 is 2.21 bits per heavy atom. The van der Waals surface area contributed by atoms with E-state index in [1.807, 2.05) is 0 Å². The first-order valence-electron chi connectivity index (χ1n) is 4.51. The van der Waals surface area contributed by atoms with E-state index in [4.69, 9.17) is 5.11 Å². The predicted octanol–water partition coefficient (Wildman–Crippen LogP) is 1.45. The minimum absolute atomic E-state index is 0.0274. The zero-order chi connectivity index (χ0) is 10.1. The average Bonchev–Trinajstić information content (AvgIpc) is 2.17. The fourth-order valence-corrected chi connectivity index (χ4v) is 1.70. The number of hydrogen-bond donors (Lipinski definition) is 3. The first-order valence-corrected chi connectivity index (χ1v) is 4.51. The van der Waals surface area contributed by atoms with Crippen LogP contribution in [0.1, 0.15) is 22.3 Å². The van der Waals surface area contributed by atoms with Crippen molar-refractivity contribution in [1.29, 1.82) is 0 Å². The van der Waals surface area contributed by atoms with Crippen molar-refractivity contribution in [3.05, 3.63) is 23.3 Å². The second kappa shape index (κ2) is 3.21. The number of hydrogen-bond acceptors (Lipinski definition) is 3. The van der Waals surface area contributed by atoms with Crippen LogP contribution >= 0.6 is 0 Å². The van der Waals surface area contributed by atoms with Gasteiger partial charge in [0.25, 0.3) is 0 Å². The number of fused-ring (bicyclic) bond motifs is 1. The molecule has 14 heavy (non-hydrogen) atoms. The number of anilines is 1. The zero-order valence-electron chi connectivity index (χ0n) is 7.58. The smallest absolute Gasteiger partial charge is 0.335 e. The minimum atomic E-state index is -1.01. The number of carbonyl (C=O) groups is 1. The van der Waals surface area contributed by atoms with Crippen LogP contribution in [0.3, 0.4) is 0 Å². The molecule has 0 saturated carbocycles. The van der Waals surface area contributed by atoms with Crippen molar-refractivity contribution in [1.82, 2.24) is 0 Å². The number of carboxylic acids is 1. The highest BCUT2D eigenvalue weighted by atomic mass is 16.4. The van der Waals surface area contributed by atoms with Gasteiger partial charge in [0.15, 0.2) is 0 Å². The fourth-order valence-electron chi connectivity index (χ4n) is 1.70. The summed E-state index contributed by atoms with van der Waals surface area (Å²) < 4.78 is 0. The summed E-state index contributed by atoms with van der Waals surface area (Å²) in [6.07, 6.45) is 1.78. The molecular formula is C10H11NO3. The maximum absolute atomic E-state index is 10.7. The van der Waals surface area contributed by atoms with Gasteiger partial charge in [-0.3, -0.25) is 0 Å². The molecule has 1 aromatic rings. The van der Waals surface area contributed by atoms with Gasteiger partial charge in [-0.1, -0.05) is 0 Å². The molecular weight excluding hydrogens is 182 g/mol. The topological polar surface area (TPSA) is 69.6 Å². The number of benzene rings is 1. The van der Waals surface area contributed by atoms with Gasteiger partial charge >= 0.3 is 5.97 Å². The van der Waals surface area contributed by atoms with E-state index in [-0.39, 0.29) is 11.3 Å². The van der Waals surface area contributed by atoms with E-state index in [1.54, 1.807) is 6.07 Å². The molecule has 0 aromatic heterocycles. The normalized spacial score (nSPS) is 14.3. The molecule has 1 aliphatic rings. The van der Waals surface area contributed by atoms with Crippen LogP contribution in [0.4, 0.5) is 5.69 Å². The number of carboxylic acid groups (broad SMARTS) is 1. The van der Waals surface area contributed by atoms with Crippen LogP contribution in [0.15, 0.2) is 12.1 Å². The highest BCUT2D eigenvalue weighted by molar-refractivity contribution is 5.90. The highest BCUT2D eigenvalue weighted by Crippen LogP contribution is 2.32. The second-order valence-electron chi connectivity index (χ2n) is 3.36. The van der Waals surface area contributed by atoms with E-state index in [0.717, 1.165) is 24.9 Å². The lowest BCUT2D eigenvalue weighted by molar-refractivity contribution is 0.0696. The maximum atomic E-state index is 10.7. The molecule has 1 aromatic carbocycles.